The van der Waals surface area contributed by atoms with Gasteiger partial charge in [0.05, 0.1) is 29.2 Å². The lowest BCUT2D eigenvalue weighted by atomic mass is 9.39. The average Bonchev–Trinajstić information content (AvgIpc) is 3.21. The third-order valence-corrected chi connectivity index (χ3v) is 8.86. The Morgan fingerprint density at radius 3 is 1.97 bits per heavy atom. The van der Waals surface area contributed by atoms with Crippen LogP contribution in [0.3, 0.4) is 0 Å². The van der Waals surface area contributed by atoms with Crippen molar-refractivity contribution in [2.75, 3.05) is 14.1 Å². The largest absolute Gasteiger partial charge is 0.341 e. The van der Waals surface area contributed by atoms with Crippen LogP contribution in [0.15, 0.2) is 42.0 Å². The second kappa shape index (κ2) is 6.40. The number of amides is 5. The summed E-state index contributed by atoms with van der Waals surface area (Å²) in [4.78, 5) is 69.7. The van der Waals surface area contributed by atoms with Crippen molar-refractivity contribution in [2.24, 2.45) is 29.1 Å². The van der Waals surface area contributed by atoms with Crippen LogP contribution in [0.25, 0.3) is 0 Å². The molecule has 170 valence electrons. The van der Waals surface area contributed by atoms with E-state index in [1.54, 1.807) is 30.3 Å². The van der Waals surface area contributed by atoms with E-state index in [0.29, 0.717) is 18.4 Å². The minimum absolute atomic E-state index is 0.316. The zero-order valence-corrected chi connectivity index (χ0v) is 18.5. The summed E-state index contributed by atoms with van der Waals surface area (Å²) >= 11 is 0. The highest BCUT2D eigenvalue weighted by molar-refractivity contribution is 6.13. The number of hydrogen-bond donors (Lipinski definition) is 1. The molecule has 1 N–H and O–H groups in total. The number of carbonyl (C=O) groups is 5. The first-order chi connectivity index (χ1) is 15.8. The Balaban J connectivity index is 1.62. The highest BCUT2D eigenvalue weighted by atomic mass is 16.2. The fourth-order valence-corrected chi connectivity index (χ4v) is 7.57. The van der Waals surface area contributed by atoms with Gasteiger partial charge in [0, 0.05) is 25.1 Å². The molecule has 8 heteroatoms. The Morgan fingerprint density at radius 1 is 0.848 bits per heavy atom. The van der Waals surface area contributed by atoms with Gasteiger partial charge in [0.25, 0.3) is 5.91 Å². The summed E-state index contributed by atoms with van der Waals surface area (Å²) in [7, 11) is 2.92. The van der Waals surface area contributed by atoms with Crippen LogP contribution in [-0.4, -0.2) is 59.0 Å². The van der Waals surface area contributed by atoms with E-state index in [1.807, 2.05) is 6.08 Å². The van der Waals surface area contributed by atoms with Crippen LogP contribution >= 0.6 is 0 Å². The Kier molecular flexibility index (Phi) is 3.94. The van der Waals surface area contributed by atoms with E-state index in [2.05, 4.69) is 5.32 Å². The van der Waals surface area contributed by atoms with Crippen LogP contribution in [0.1, 0.15) is 36.0 Å². The summed E-state index contributed by atoms with van der Waals surface area (Å²) in [6.07, 6.45) is 4.89. The molecule has 1 spiro atoms. The zero-order valence-electron chi connectivity index (χ0n) is 18.5. The Hall–Kier alpha value is -3.29. The number of imide groups is 2. The lowest BCUT2D eigenvalue weighted by molar-refractivity contribution is -0.155. The van der Waals surface area contributed by atoms with Gasteiger partial charge in [0.15, 0.2) is 0 Å². The highest BCUT2D eigenvalue weighted by Crippen LogP contribution is 2.70. The van der Waals surface area contributed by atoms with Crippen LogP contribution in [-0.2, 0) is 19.2 Å². The number of allylic oxidation sites excluding steroid dienone is 1. The van der Waals surface area contributed by atoms with E-state index in [4.69, 9.17) is 0 Å². The van der Waals surface area contributed by atoms with Crippen LogP contribution in [0.4, 0.5) is 0 Å². The minimum Gasteiger partial charge on any atom is -0.341 e. The highest BCUT2D eigenvalue weighted by Gasteiger charge is 2.80. The summed E-state index contributed by atoms with van der Waals surface area (Å²) in [5.74, 6) is -5.18. The fraction of sp³-hybridized carbons (Fsp3) is 0.480. The minimum atomic E-state index is -1.42. The average molecular weight is 447 g/mol. The van der Waals surface area contributed by atoms with Crippen molar-refractivity contribution in [1.29, 1.82) is 0 Å². The third kappa shape index (κ3) is 2.19. The smallest absolute Gasteiger partial charge is 0.252 e. The molecule has 1 aromatic rings. The molecule has 6 aliphatic rings. The predicted molar refractivity (Wildman–Crippen MR) is 115 cm³/mol. The molecule has 2 heterocycles. The van der Waals surface area contributed by atoms with Crippen molar-refractivity contribution in [1.82, 2.24) is 15.1 Å². The molecule has 7 rings (SSSR count). The Morgan fingerprint density at radius 2 is 1.39 bits per heavy atom. The molecule has 33 heavy (non-hydrogen) atoms. The molecule has 0 radical (unpaired) electrons. The first-order valence-corrected chi connectivity index (χ1v) is 11.5. The zero-order chi connectivity index (χ0) is 23.3. The summed E-state index contributed by atoms with van der Waals surface area (Å²) in [5.41, 5.74) is -0.940. The summed E-state index contributed by atoms with van der Waals surface area (Å²) in [6.45, 7) is 0. The van der Waals surface area contributed by atoms with Gasteiger partial charge in [-0.3, -0.25) is 33.8 Å². The number of nitrogens with zero attached hydrogens (tertiary/aromatic N) is 2. The normalized spacial score (nSPS) is 38.8. The maximum atomic E-state index is 13.5. The quantitative estimate of drug-likeness (QED) is 0.541. The maximum Gasteiger partial charge on any atom is 0.252 e. The van der Waals surface area contributed by atoms with Crippen LogP contribution in [0.5, 0.6) is 0 Å². The Bertz CT molecular complexity index is 1130. The third-order valence-electron chi connectivity index (χ3n) is 8.86. The van der Waals surface area contributed by atoms with Crippen molar-refractivity contribution in [2.45, 2.75) is 31.2 Å². The summed E-state index contributed by atoms with van der Waals surface area (Å²) in [6, 6.07) is 8.59. The first-order valence-electron chi connectivity index (χ1n) is 11.5. The molecule has 0 aromatic heterocycles. The first kappa shape index (κ1) is 20.3. The maximum absolute atomic E-state index is 13.5. The molecule has 2 bridgehead atoms. The van der Waals surface area contributed by atoms with Crippen LogP contribution in [0.2, 0.25) is 0 Å². The molecular weight excluding hydrogens is 422 g/mol. The number of hydrogen-bond acceptors (Lipinski definition) is 5. The van der Waals surface area contributed by atoms with Gasteiger partial charge in [0.2, 0.25) is 23.6 Å². The molecule has 2 saturated carbocycles. The van der Waals surface area contributed by atoms with Crippen molar-refractivity contribution >= 4 is 29.5 Å². The molecule has 2 saturated heterocycles. The van der Waals surface area contributed by atoms with Crippen LogP contribution in [0, 0.1) is 29.1 Å². The van der Waals surface area contributed by atoms with Gasteiger partial charge in [0.1, 0.15) is 0 Å². The standard InChI is InChI=1S/C25H25N3O5/c1-27-20(30)15-17(22(27)32)25(26-19(29)13-8-4-3-5-9-13)12-14-10-6-7-11-24(14,15)16-18(25)23(33)28(2)21(16)31/h3-5,8-9,12,15-18H,6-7,10-11H2,1-2H3,(H,26,29)/t15-,16+,17+,18-,24?,25?. The lowest BCUT2D eigenvalue weighted by Gasteiger charge is -2.63. The fourth-order valence-electron chi connectivity index (χ4n) is 7.57. The molecule has 6 atom stereocenters. The van der Waals surface area contributed by atoms with Crippen LogP contribution < -0.4 is 5.32 Å². The summed E-state index contributed by atoms with van der Waals surface area (Å²) < 4.78 is 0. The number of nitrogens with one attached hydrogen (secondary N) is 1. The van der Waals surface area contributed by atoms with Gasteiger partial charge in [-0.05, 0) is 31.4 Å². The summed E-state index contributed by atoms with van der Waals surface area (Å²) in [5, 5.41) is 3.04. The number of benzene rings is 1. The van der Waals surface area contributed by atoms with E-state index in [-0.39, 0.29) is 11.8 Å². The number of carbonyl (C=O) groups excluding carboxylic acids is 5. The molecule has 5 amide bonds. The van der Waals surface area contributed by atoms with Gasteiger partial charge in [-0.2, -0.15) is 0 Å². The van der Waals surface area contributed by atoms with Gasteiger partial charge >= 0.3 is 0 Å². The number of rotatable bonds is 2. The van der Waals surface area contributed by atoms with Gasteiger partial charge in [-0.25, -0.2) is 0 Å². The monoisotopic (exact) mass is 447 g/mol. The van der Waals surface area contributed by atoms with Crippen molar-refractivity contribution in [3.05, 3.63) is 47.5 Å². The lowest BCUT2D eigenvalue weighted by Crippen LogP contribution is -2.74. The predicted octanol–water partition coefficient (Wildman–Crippen LogP) is 1.13. The molecule has 4 aliphatic carbocycles. The second-order valence-corrected chi connectivity index (χ2v) is 10.1. The molecule has 4 fully saturated rings. The molecular formula is C25H25N3O5. The molecule has 1 aromatic carbocycles. The van der Waals surface area contributed by atoms with Gasteiger partial charge in [-0.1, -0.05) is 36.3 Å². The van der Waals surface area contributed by atoms with Crippen molar-refractivity contribution < 1.29 is 24.0 Å². The van der Waals surface area contributed by atoms with E-state index in [1.165, 1.54) is 14.1 Å². The second-order valence-electron chi connectivity index (χ2n) is 10.1. The van der Waals surface area contributed by atoms with E-state index in [9.17, 15) is 24.0 Å². The van der Waals surface area contributed by atoms with Crippen molar-refractivity contribution in [3.63, 3.8) is 0 Å². The molecule has 8 nitrogen and oxygen atoms in total. The number of likely N-dealkylation sites (tertiary alicyclic amines) is 2. The Labute approximate surface area is 191 Å². The van der Waals surface area contributed by atoms with Gasteiger partial charge in [-0.15, -0.1) is 0 Å². The van der Waals surface area contributed by atoms with E-state index >= 15 is 0 Å². The SMILES string of the molecule is CN1C(=O)[C@@H]2[C@H](C1=O)C1(NC(=O)c3ccccc3)C=C3CCCCC32[C@H]2C(=O)N(C)C(=O)[C@H]21. The van der Waals surface area contributed by atoms with Gasteiger partial charge < -0.3 is 5.32 Å². The molecule has 2 aliphatic heterocycles. The van der Waals surface area contributed by atoms with Crippen molar-refractivity contribution in [3.8, 4) is 0 Å². The topological polar surface area (TPSA) is 104 Å². The molecule has 2 unspecified atom stereocenters. The van der Waals surface area contributed by atoms with E-state index < -0.39 is 52.3 Å². The van der Waals surface area contributed by atoms with E-state index in [0.717, 1.165) is 28.2 Å².